The Bertz CT molecular complexity index is 467. The quantitative estimate of drug-likeness (QED) is 0.757. The zero-order valence-corrected chi connectivity index (χ0v) is 10.3. The van der Waals surface area contributed by atoms with Crippen molar-refractivity contribution in [3.05, 3.63) is 29.8 Å². The number of ether oxygens (including phenoxy) is 4. The monoisotopic (exact) mass is 248 g/mol. The molecule has 4 nitrogen and oxygen atoms in total. The molecule has 4 heteroatoms. The number of hydrogen-bond donors (Lipinski definition) is 0. The first-order chi connectivity index (χ1) is 8.85. The summed E-state index contributed by atoms with van der Waals surface area (Å²) in [6, 6.07) is 8.00. The molecule has 2 bridgehead atoms. The Hall–Kier alpha value is -1.10. The van der Waals surface area contributed by atoms with E-state index in [-0.39, 0.29) is 18.1 Å². The Balaban J connectivity index is 1.87. The fraction of sp³-hybridized carbons (Fsp3) is 0.571. The number of benzene rings is 1. The van der Waals surface area contributed by atoms with Crippen molar-refractivity contribution in [2.75, 3.05) is 20.3 Å². The molecule has 1 aliphatic carbocycles. The maximum atomic E-state index is 6.03. The van der Waals surface area contributed by atoms with Gasteiger partial charge in [0.25, 0.3) is 0 Å². The van der Waals surface area contributed by atoms with Crippen molar-refractivity contribution in [2.45, 2.75) is 24.4 Å². The number of para-hydroxylation sites is 1. The average Bonchev–Trinajstić information content (AvgIpc) is 2.75. The minimum Gasteiger partial charge on any atom is -0.487 e. The Morgan fingerprint density at radius 2 is 2.00 bits per heavy atom. The fourth-order valence-corrected chi connectivity index (χ4v) is 3.40. The van der Waals surface area contributed by atoms with Gasteiger partial charge in [-0.05, 0) is 18.6 Å². The van der Waals surface area contributed by atoms with Crippen LogP contribution in [-0.2, 0) is 20.0 Å². The second-order valence-electron chi connectivity index (χ2n) is 5.06. The molecular weight excluding hydrogens is 232 g/mol. The lowest BCUT2D eigenvalue weighted by Crippen LogP contribution is -2.57. The fourth-order valence-electron chi connectivity index (χ4n) is 3.40. The minimum atomic E-state index is -0.662. The second-order valence-corrected chi connectivity index (χ2v) is 5.06. The van der Waals surface area contributed by atoms with Gasteiger partial charge in [0.15, 0.2) is 0 Å². The van der Waals surface area contributed by atoms with Crippen LogP contribution in [0.25, 0.3) is 0 Å². The summed E-state index contributed by atoms with van der Waals surface area (Å²) in [7, 11) is 1.73. The molecule has 3 heterocycles. The summed E-state index contributed by atoms with van der Waals surface area (Å²) in [5.74, 6) is 0.426. The maximum absolute atomic E-state index is 6.03. The van der Waals surface area contributed by atoms with E-state index in [1.165, 1.54) is 0 Å². The van der Waals surface area contributed by atoms with Crippen molar-refractivity contribution in [1.82, 2.24) is 0 Å². The highest BCUT2D eigenvalue weighted by atomic mass is 16.7. The lowest BCUT2D eigenvalue weighted by Gasteiger charge is -2.46. The summed E-state index contributed by atoms with van der Waals surface area (Å²) < 4.78 is 23.6. The molecule has 1 saturated carbocycles. The van der Waals surface area contributed by atoms with Crippen molar-refractivity contribution >= 4 is 0 Å². The third-order valence-corrected chi connectivity index (χ3v) is 4.27. The van der Waals surface area contributed by atoms with Crippen molar-refractivity contribution in [3.63, 3.8) is 0 Å². The van der Waals surface area contributed by atoms with Gasteiger partial charge in [-0.25, -0.2) is 0 Å². The summed E-state index contributed by atoms with van der Waals surface area (Å²) in [6.07, 6.45) is 1.09. The largest absolute Gasteiger partial charge is 0.487 e. The van der Waals surface area contributed by atoms with Crippen molar-refractivity contribution in [3.8, 4) is 5.75 Å². The van der Waals surface area contributed by atoms with Crippen molar-refractivity contribution < 1.29 is 18.9 Å². The van der Waals surface area contributed by atoms with Crippen molar-refractivity contribution in [2.24, 2.45) is 5.92 Å². The Morgan fingerprint density at radius 3 is 2.78 bits per heavy atom. The number of rotatable bonds is 1. The topological polar surface area (TPSA) is 36.9 Å². The molecular formula is C14H16O4. The zero-order chi connectivity index (χ0) is 12.2. The van der Waals surface area contributed by atoms with Crippen LogP contribution < -0.4 is 4.74 Å². The van der Waals surface area contributed by atoms with Gasteiger partial charge in [0.05, 0.1) is 24.7 Å². The van der Waals surface area contributed by atoms with E-state index in [9.17, 15) is 0 Å². The van der Waals surface area contributed by atoms with Gasteiger partial charge in [-0.15, -0.1) is 0 Å². The van der Waals surface area contributed by atoms with Gasteiger partial charge in [-0.3, -0.25) is 0 Å². The molecule has 18 heavy (non-hydrogen) atoms. The van der Waals surface area contributed by atoms with Crippen LogP contribution in [0.5, 0.6) is 5.75 Å². The van der Waals surface area contributed by atoms with Crippen LogP contribution in [0.4, 0.5) is 0 Å². The van der Waals surface area contributed by atoms with Crippen LogP contribution in [0, 0.1) is 5.92 Å². The van der Waals surface area contributed by atoms with Gasteiger partial charge in [-0.2, -0.15) is 0 Å². The number of hydrogen-bond acceptors (Lipinski definition) is 4. The van der Waals surface area contributed by atoms with E-state index in [4.69, 9.17) is 18.9 Å². The van der Waals surface area contributed by atoms with Crippen LogP contribution in [-0.4, -0.2) is 32.5 Å². The third kappa shape index (κ3) is 1.20. The molecule has 2 fully saturated rings. The van der Waals surface area contributed by atoms with Gasteiger partial charge in [0.2, 0.25) is 5.79 Å². The molecule has 3 atom stereocenters. The van der Waals surface area contributed by atoms with E-state index in [2.05, 4.69) is 0 Å². The lowest BCUT2D eigenvalue weighted by molar-refractivity contribution is -0.265. The van der Waals surface area contributed by atoms with Crippen LogP contribution >= 0.6 is 0 Å². The molecule has 5 rings (SSSR count). The molecule has 0 amide bonds. The molecule has 96 valence electrons. The number of methoxy groups -OCH3 is 1. The highest BCUT2D eigenvalue weighted by Gasteiger charge is 2.61. The van der Waals surface area contributed by atoms with E-state index in [0.29, 0.717) is 13.2 Å². The summed E-state index contributed by atoms with van der Waals surface area (Å²) in [4.78, 5) is 0. The van der Waals surface area contributed by atoms with Crippen LogP contribution in [0.3, 0.4) is 0 Å². The zero-order valence-electron chi connectivity index (χ0n) is 10.3. The summed E-state index contributed by atoms with van der Waals surface area (Å²) in [5, 5.41) is 0. The van der Waals surface area contributed by atoms with E-state index in [0.717, 1.165) is 17.7 Å². The van der Waals surface area contributed by atoms with Gasteiger partial charge in [0.1, 0.15) is 18.0 Å². The van der Waals surface area contributed by atoms with Crippen LogP contribution in [0.2, 0.25) is 0 Å². The SMILES string of the molecule is COC1C2CC1C1(OCCO1)c1ccccc1O2. The van der Waals surface area contributed by atoms with E-state index in [1.807, 2.05) is 24.3 Å². The summed E-state index contributed by atoms with van der Waals surface area (Å²) in [6.45, 7) is 1.26. The first-order valence-corrected chi connectivity index (χ1v) is 6.42. The molecule has 0 aromatic heterocycles. The van der Waals surface area contributed by atoms with Crippen LogP contribution in [0.15, 0.2) is 24.3 Å². The minimum absolute atomic E-state index is 0.0514. The molecule has 4 aliphatic rings. The van der Waals surface area contributed by atoms with Gasteiger partial charge >= 0.3 is 0 Å². The van der Waals surface area contributed by atoms with E-state index in [1.54, 1.807) is 7.11 Å². The van der Waals surface area contributed by atoms with E-state index < -0.39 is 5.79 Å². The first-order valence-electron chi connectivity index (χ1n) is 6.42. The second kappa shape index (κ2) is 3.70. The highest BCUT2D eigenvalue weighted by Crippen LogP contribution is 2.55. The predicted molar refractivity (Wildman–Crippen MR) is 63.3 cm³/mol. The molecule has 1 saturated heterocycles. The lowest BCUT2D eigenvalue weighted by atomic mass is 9.72. The molecule has 1 spiro atoms. The summed E-state index contributed by atoms with van der Waals surface area (Å²) in [5.41, 5.74) is 1.01. The molecule has 3 unspecified atom stereocenters. The van der Waals surface area contributed by atoms with Gasteiger partial charge in [0, 0.05) is 7.11 Å². The molecule has 0 N–H and O–H groups in total. The predicted octanol–water partition coefficient (Wildman–Crippen LogP) is 1.68. The van der Waals surface area contributed by atoms with E-state index >= 15 is 0 Å². The highest BCUT2D eigenvalue weighted by molar-refractivity contribution is 5.41. The molecule has 1 aromatic rings. The summed E-state index contributed by atoms with van der Waals surface area (Å²) >= 11 is 0. The smallest absolute Gasteiger partial charge is 0.204 e. The van der Waals surface area contributed by atoms with Gasteiger partial charge in [-0.1, -0.05) is 12.1 Å². The Labute approximate surface area is 106 Å². The van der Waals surface area contributed by atoms with Crippen LogP contribution in [0.1, 0.15) is 12.0 Å². The van der Waals surface area contributed by atoms with Gasteiger partial charge < -0.3 is 18.9 Å². The standard InChI is InChI=1S/C14H16O4/c1-15-13-10-8-12(13)18-11-5-3-2-4-9(11)14(10)16-6-7-17-14/h2-5,10,12-13H,6-8H2,1H3. The molecule has 3 aliphatic heterocycles. The third-order valence-electron chi connectivity index (χ3n) is 4.27. The van der Waals surface area contributed by atoms with Crippen molar-refractivity contribution in [1.29, 1.82) is 0 Å². The Kier molecular flexibility index (Phi) is 2.22. The molecule has 1 aromatic carbocycles. The first kappa shape index (κ1) is 10.8. The molecule has 0 radical (unpaired) electrons. The maximum Gasteiger partial charge on any atom is 0.204 e. The average molecular weight is 248 g/mol. The Morgan fingerprint density at radius 1 is 1.22 bits per heavy atom. The normalized spacial score (nSPS) is 35.5.